The third-order valence-electron chi connectivity index (χ3n) is 5.69. The highest BCUT2D eigenvalue weighted by atomic mass is 79.9. The summed E-state index contributed by atoms with van der Waals surface area (Å²) < 4.78 is 5.55. The summed E-state index contributed by atoms with van der Waals surface area (Å²) in [4.78, 5) is 48.7. The van der Waals surface area contributed by atoms with Crippen LogP contribution in [-0.2, 0) is 23.9 Å². The van der Waals surface area contributed by atoms with Gasteiger partial charge in [-0.3, -0.25) is 9.59 Å². The van der Waals surface area contributed by atoms with Crippen LogP contribution in [0.3, 0.4) is 0 Å². The first-order valence-corrected chi connectivity index (χ1v) is 9.62. The fraction of sp³-hybridized carbons (Fsp3) is 0.733. The Labute approximate surface area is 155 Å². The van der Waals surface area contributed by atoms with E-state index in [1.54, 1.807) is 13.8 Å². The highest BCUT2D eigenvalue weighted by Gasteiger charge is 2.79. The van der Waals surface area contributed by atoms with Crippen LogP contribution in [0.5, 0.6) is 0 Å². The summed E-state index contributed by atoms with van der Waals surface area (Å²) in [7, 11) is 0. The molecular weight excluding hydrogens is 452 g/mol. The van der Waals surface area contributed by atoms with Gasteiger partial charge in [-0.1, -0.05) is 45.7 Å². The maximum absolute atomic E-state index is 12.8. The van der Waals surface area contributed by atoms with E-state index in [0.29, 0.717) is 6.42 Å². The largest absolute Gasteiger partial charge is 0.479 e. The molecule has 2 bridgehead atoms. The van der Waals surface area contributed by atoms with Gasteiger partial charge in [0.15, 0.2) is 11.7 Å². The van der Waals surface area contributed by atoms with E-state index < -0.39 is 52.0 Å². The maximum Gasteiger partial charge on any atom is 0.338 e. The molecule has 4 atom stereocenters. The second-order valence-electron chi connectivity index (χ2n) is 6.78. The predicted molar refractivity (Wildman–Crippen MR) is 89.4 cm³/mol. The van der Waals surface area contributed by atoms with Gasteiger partial charge in [0.05, 0.1) is 5.41 Å². The van der Waals surface area contributed by atoms with Crippen LogP contribution < -0.4 is 0 Å². The fourth-order valence-electron chi connectivity index (χ4n) is 4.41. The minimum atomic E-state index is -2.15. The smallest absolute Gasteiger partial charge is 0.338 e. The van der Waals surface area contributed by atoms with E-state index in [9.17, 15) is 29.4 Å². The molecule has 0 aromatic heterocycles. The zero-order valence-electron chi connectivity index (χ0n) is 13.2. The van der Waals surface area contributed by atoms with E-state index in [1.807, 2.05) is 0 Å². The van der Waals surface area contributed by atoms with Crippen molar-refractivity contribution in [3.05, 3.63) is 0 Å². The summed E-state index contributed by atoms with van der Waals surface area (Å²) in [5.41, 5.74) is -4.69. The molecule has 4 unspecified atom stereocenters. The Bertz CT molecular complexity index is 617. The second kappa shape index (κ2) is 6.17. The number of hydrogen-bond acceptors (Lipinski definition) is 5. The normalized spacial score (nSPS) is 31.8. The number of rotatable bonds is 7. The lowest BCUT2D eigenvalue weighted by atomic mass is 9.59. The number of Topliss-reactive ketones (excluding diaryl/α,β-unsaturated/α-hetero) is 2. The second-order valence-corrected chi connectivity index (χ2v) is 7.98. The van der Waals surface area contributed by atoms with Crippen LogP contribution in [0.25, 0.3) is 0 Å². The van der Waals surface area contributed by atoms with Gasteiger partial charge in [-0.05, 0) is 18.3 Å². The Hall–Kier alpha value is -0.800. The average Bonchev–Trinajstić information content (AvgIpc) is 2.85. The molecule has 2 aliphatic rings. The van der Waals surface area contributed by atoms with Crippen molar-refractivity contribution in [3.8, 4) is 0 Å². The molecule has 0 heterocycles. The molecule has 9 heteroatoms. The quantitative estimate of drug-likeness (QED) is 0.429. The molecule has 0 aromatic carbocycles. The van der Waals surface area contributed by atoms with Crippen molar-refractivity contribution in [2.45, 2.75) is 38.4 Å². The molecule has 0 saturated heterocycles. The first kappa shape index (κ1) is 19.5. The van der Waals surface area contributed by atoms with Gasteiger partial charge in [-0.25, -0.2) is 9.59 Å². The number of halogens is 2. The molecule has 0 radical (unpaired) electrons. The SMILES string of the molecule is CC1(C)C2CCC1(C(CBr)(OC(CBr)C(=O)O)C(=O)O)C(=O)C2=O. The van der Waals surface area contributed by atoms with Crippen LogP contribution in [-0.4, -0.2) is 56.1 Å². The van der Waals surface area contributed by atoms with Crippen molar-refractivity contribution < 1.29 is 34.1 Å². The highest BCUT2D eigenvalue weighted by molar-refractivity contribution is 9.09. The predicted octanol–water partition coefficient (Wildman–Crippen LogP) is 1.64. The summed E-state index contributed by atoms with van der Waals surface area (Å²) in [6, 6.07) is 0. The van der Waals surface area contributed by atoms with Gasteiger partial charge in [0.2, 0.25) is 11.6 Å². The van der Waals surface area contributed by atoms with Crippen molar-refractivity contribution >= 4 is 55.4 Å². The van der Waals surface area contributed by atoms with Gasteiger partial charge in [0.1, 0.15) is 0 Å². The molecule has 2 fully saturated rings. The number of carbonyl (C=O) groups is 4. The Morgan fingerprint density at radius 1 is 1.33 bits per heavy atom. The minimum Gasteiger partial charge on any atom is -0.479 e. The number of carboxylic acid groups (broad SMARTS) is 2. The molecule has 2 saturated carbocycles. The monoisotopic (exact) mass is 468 g/mol. The minimum absolute atomic E-state index is 0.146. The molecule has 0 aliphatic heterocycles. The molecule has 2 rings (SSSR count). The Kier molecular flexibility index (Phi) is 5.02. The van der Waals surface area contributed by atoms with Crippen LogP contribution in [0.1, 0.15) is 26.7 Å². The van der Waals surface area contributed by atoms with E-state index in [2.05, 4.69) is 31.9 Å². The summed E-state index contributed by atoms with van der Waals surface area (Å²) in [6.45, 7) is 3.36. The molecule has 2 aliphatic carbocycles. The lowest BCUT2D eigenvalue weighted by molar-refractivity contribution is -0.208. The number of ketones is 2. The highest BCUT2D eigenvalue weighted by Crippen LogP contribution is 2.67. The van der Waals surface area contributed by atoms with Crippen LogP contribution in [0, 0.1) is 16.7 Å². The number of ether oxygens (including phenoxy) is 1. The van der Waals surface area contributed by atoms with Crippen molar-refractivity contribution in [1.82, 2.24) is 0 Å². The summed E-state index contributed by atoms with van der Waals surface area (Å²) in [5, 5.41) is 18.7. The van der Waals surface area contributed by atoms with Gasteiger partial charge in [0, 0.05) is 16.6 Å². The van der Waals surface area contributed by atoms with Gasteiger partial charge in [-0.2, -0.15) is 0 Å². The van der Waals surface area contributed by atoms with E-state index in [1.165, 1.54) is 0 Å². The van der Waals surface area contributed by atoms with Crippen molar-refractivity contribution in [2.75, 3.05) is 10.7 Å². The number of carboxylic acids is 2. The standard InChI is InChI=1S/C15H18Br2O7/c1-13(2)7-3-4-14(13,10(19)9(7)18)15(6-17,12(22)23)24-8(5-16)11(20)21/h7-8H,3-6H2,1-2H3,(H,20,21)(H,22,23). The number of aliphatic carboxylic acids is 2. The number of alkyl halides is 2. The summed E-state index contributed by atoms with van der Waals surface area (Å²) in [6.07, 6.45) is -0.914. The fourth-order valence-corrected chi connectivity index (χ4v) is 5.67. The van der Waals surface area contributed by atoms with E-state index in [-0.39, 0.29) is 17.1 Å². The molecule has 0 spiro atoms. The topological polar surface area (TPSA) is 118 Å². The number of hydrogen-bond donors (Lipinski definition) is 2. The first-order chi connectivity index (χ1) is 11.0. The molecule has 2 N–H and O–H groups in total. The van der Waals surface area contributed by atoms with E-state index in [4.69, 9.17) is 4.74 Å². The first-order valence-electron chi connectivity index (χ1n) is 7.38. The summed E-state index contributed by atoms with van der Waals surface area (Å²) in [5.74, 6) is -4.74. The van der Waals surface area contributed by atoms with E-state index in [0.717, 1.165) is 0 Å². The summed E-state index contributed by atoms with van der Waals surface area (Å²) >= 11 is 6.10. The zero-order chi connectivity index (χ0) is 18.5. The van der Waals surface area contributed by atoms with Gasteiger partial charge in [0.25, 0.3) is 0 Å². The third-order valence-corrected chi connectivity index (χ3v) is 7.07. The lowest BCUT2D eigenvalue weighted by Gasteiger charge is -2.48. The van der Waals surface area contributed by atoms with Crippen LogP contribution in [0.4, 0.5) is 0 Å². The van der Waals surface area contributed by atoms with Crippen LogP contribution in [0.15, 0.2) is 0 Å². The molecule has 134 valence electrons. The van der Waals surface area contributed by atoms with Crippen LogP contribution >= 0.6 is 31.9 Å². The molecular formula is C15H18Br2O7. The van der Waals surface area contributed by atoms with Gasteiger partial charge < -0.3 is 14.9 Å². The Morgan fingerprint density at radius 3 is 2.25 bits per heavy atom. The van der Waals surface area contributed by atoms with Crippen LogP contribution in [0.2, 0.25) is 0 Å². The van der Waals surface area contributed by atoms with Crippen molar-refractivity contribution in [1.29, 1.82) is 0 Å². The zero-order valence-corrected chi connectivity index (χ0v) is 16.3. The Morgan fingerprint density at radius 2 is 1.92 bits per heavy atom. The molecule has 7 nitrogen and oxygen atoms in total. The van der Waals surface area contributed by atoms with Crippen molar-refractivity contribution in [2.24, 2.45) is 16.7 Å². The van der Waals surface area contributed by atoms with Gasteiger partial charge in [-0.15, -0.1) is 0 Å². The average molecular weight is 470 g/mol. The Balaban J connectivity index is 2.68. The number of fused-ring (bicyclic) bond motifs is 2. The molecule has 24 heavy (non-hydrogen) atoms. The van der Waals surface area contributed by atoms with Gasteiger partial charge >= 0.3 is 11.9 Å². The number of carbonyl (C=O) groups excluding carboxylic acids is 2. The maximum atomic E-state index is 12.8. The third kappa shape index (κ3) is 2.17. The van der Waals surface area contributed by atoms with E-state index >= 15 is 0 Å². The van der Waals surface area contributed by atoms with Crippen molar-refractivity contribution in [3.63, 3.8) is 0 Å². The molecule has 0 amide bonds. The molecule has 0 aromatic rings. The lowest BCUT2D eigenvalue weighted by Crippen LogP contribution is -2.65.